The van der Waals surface area contributed by atoms with E-state index in [2.05, 4.69) is 13.5 Å². The fourth-order valence-corrected chi connectivity index (χ4v) is 4.49. The third kappa shape index (κ3) is 1.63. The van der Waals surface area contributed by atoms with Gasteiger partial charge in [-0.1, -0.05) is 26.0 Å². The highest BCUT2D eigenvalue weighted by Gasteiger charge is 2.54. The van der Waals surface area contributed by atoms with Crippen LogP contribution in [0.25, 0.3) is 0 Å². The first-order chi connectivity index (χ1) is 8.40. The SMILES string of the molecule is C=C1CC(O)C[C@]2(C)CC3OC(=O)C(C)C3CC12. The van der Waals surface area contributed by atoms with Crippen LogP contribution in [0.15, 0.2) is 12.2 Å². The Bertz CT molecular complexity index is 403. The minimum absolute atomic E-state index is 0.0270. The standard InChI is InChI=1S/C15H22O3/c1-8-4-10(16)6-15(3)7-13-11(5-12(8)15)9(2)14(17)18-13/h9-13,16H,1,4-7H2,2-3H3/t9?,10?,11?,12?,13?,15-/m1/s1. The second-order valence-corrected chi connectivity index (χ2v) is 6.79. The lowest BCUT2D eigenvalue weighted by Crippen LogP contribution is -2.47. The van der Waals surface area contributed by atoms with Crippen molar-refractivity contribution in [1.29, 1.82) is 0 Å². The molecule has 1 aliphatic heterocycles. The molecule has 3 rings (SSSR count). The topological polar surface area (TPSA) is 46.5 Å². The largest absolute Gasteiger partial charge is 0.462 e. The van der Waals surface area contributed by atoms with Gasteiger partial charge in [0.1, 0.15) is 6.10 Å². The fourth-order valence-electron chi connectivity index (χ4n) is 4.49. The van der Waals surface area contributed by atoms with Crippen LogP contribution in [0.4, 0.5) is 0 Å². The van der Waals surface area contributed by atoms with E-state index in [1.807, 2.05) is 6.92 Å². The van der Waals surface area contributed by atoms with Crippen LogP contribution in [0, 0.1) is 23.2 Å². The second kappa shape index (κ2) is 3.83. The third-order valence-electron chi connectivity index (χ3n) is 5.47. The van der Waals surface area contributed by atoms with E-state index in [-0.39, 0.29) is 29.5 Å². The number of carbonyl (C=O) groups is 1. The average molecular weight is 250 g/mol. The number of hydrogen-bond acceptors (Lipinski definition) is 3. The maximum atomic E-state index is 11.7. The molecule has 1 saturated heterocycles. The normalized spacial score (nSPS) is 51.6. The zero-order chi connectivity index (χ0) is 13.1. The minimum Gasteiger partial charge on any atom is -0.462 e. The lowest BCUT2D eigenvalue weighted by molar-refractivity contribution is -0.146. The molecular weight excluding hydrogens is 228 g/mol. The number of ether oxygens (including phenoxy) is 1. The lowest BCUT2D eigenvalue weighted by Gasteiger charge is -2.51. The number of rotatable bonds is 0. The van der Waals surface area contributed by atoms with E-state index in [0.717, 1.165) is 25.7 Å². The maximum Gasteiger partial charge on any atom is 0.309 e. The summed E-state index contributed by atoms with van der Waals surface area (Å²) < 4.78 is 5.51. The van der Waals surface area contributed by atoms with Gasteiger partial charge in [0.05, 0.1) is 12.0 Å². The predicted molar refractivity (Wildman–Crippen MR) is 67.7 cm³/mol. The van der Waals surface area contributed by atoms with E-state index in [1.54, 1.807) is 0 Å². The highest BCUT2D eigenvalue weighted by atomic mass is 16.6. The molecule has 100 valence electrons. The molecule has 3 nitrogen and oxygen atoms in total. The van der Waals surface area contributed by atoms with Crippen molar-refractivity contribution in [2.24, 2.45) is 23.2 Å². The van der Waals surface area contributed by atoms with Crippen LogP contribution >= 0.6 is 0 Å². The Morgan fingerprint density at radius 3 is 2.89 bits per heavy atom. The van der Waals surface area contributed by atoms with Crippen LogP contribution in [0.2, 0.25) is 0 Å². The molecule has 1 N–H and O–H groups in total. The molecule has 3 aliphatic rings. The first-order valence-electron chi connectivity index (χ1n) is 6.97. The molecule has 2 aliphatic carbocycles. The summed E-state index contributed by atoms with van der Waals surface area (Å²) >= 11 is 0. The first-order valence-corrected chi connectivity index (χ1v) is 6.97. The van der Waals surface area contributed by atoms with Crippen LogP contribution in [-0.4, -0.2) is 23.3 Å². The molecule has 0 aromatic carbocycles. The summed E-state index contributed by atoms with van der Waals surface area (Å²) in [6, 6.07) is 0. The van der Waals surface area contributed by atoms with Gasteiger partial charge in [-0.05, 0) is 37.0 Å². The average Bonchev–Trinajstić information content (AvgIpc) is 2.50. The summed E-state index contributed by atoms with van der Waals surface area (Å²) in [5.74, 6) is 0.777. The van der Waals surface area contributed by atoms with Gasteiger partial charge in [0, 0.05) is 5.92 Å². The van der Waals surface area contributed by atoms with Gasteiger partial charge in [0.25, 0.3) is 0 Å². The molecule has 0 aromatic heterocycles. The third-order valence-corrected chi connectivity index (χ3v) is 5.47. The molecule has 3 heteroatoms. The summed E-state index contributed by atoms with van der Waals surface area (Å²) in [6.07, 6.45) is 3.21. The molecular formula is C15H22O3. The molecule has 0 aromatic rings. The van der Waals surface area contributed by atoms with Gasteiger partial charge in [-0.15, -0.1) is 0 Å². The lowest BCUT2D eigenvalue weighted by atomic mass is 9.55. The van der Waals surface area contributed by atoms with E-state index >= 15 is 0 Å². The number of aliphatic hydroxyl groups is 1. The van der Waals surface area contributed by atoms with Crippen LogP contribution in [0.3, 0.4) is 0 Å². The molecule has 0 radical (unpaired) electrons. The molecule has 0 spiro atoms. The Kier molecular flexibility index (Phi) is 2.60. The Morgan fingerprint density at radius 1 is 1.44 bits per heavy atom. The van der Waals surface area contributed by atoms with E-state index in [1.165, 1.54) is 5.57 Å². The van der Waals surface area contributed by atoms with E-state index in [9.17, 15) is 9.90 Å². The molecule has 18 heavy (non-hydrogen) atoms. The highest BCUT2D eigenvalue weighted by Crippen LogP contribution is 2.56. The van der Waals surface area contributed by atoms with Crippen molar-refractivity contribution >= 4 is 5.97 Å². The van der Waals surface area contributed by atoms with Crippen molar-refractivity contribution in [1.82, 2.24) is 0 Å². The van der Waals surface area contributed by atoms with Crippen molar-refractivity contribution in [2.45, 2.75) is 51.7 Å². The van der Waals surface area contributed by atoms with Crippen molar-refractivity contribution in [2.75, 3.05) is 0 Å². The molecule has 0 bridgehead atoms. The predicted octanol–water partition coefficient (Wildman–Crippen LogP) is 2.29. The molecule has 0 amide bonds. The van der Waals surface area contributed by atoms with Crippen molar-refractivity contribution in [3.8, 4) is 0 Å². The summed E-state index contributed by atoms with van der Waals surface area (Å²) in [7, 11) is 0. The number of hydrogen-bond donors (Lipinski definition) is 1. The second-order valence-electron chi connectivity index (χ2n) is 6.79. The van der Waals surface area contributed by atoms with E-state index < -0.39 is 0 Å². The Balaban J connectivity index is 1.89. The minimum atomic E-state index is -0.273. The number of fused-ring (bicyclic) bond motifs is 2. The quantitative estimate of drug-likeness (QED) is 0.530. The molecule has 1 heterocycles. The summed E-state index contributed by atoms with van der Waals surface area (Å²) in [4.78, 5) is 11.7. The molecule has 5 unspecified atom stereocenters. The van der Waals surface area contributed by atoms with Crippen molar-refractivity contribution in [3.63, 3.8) is 0 Å². The van der Waals surface area contributed by atoms with Gasteiger partial charge < -0.3 is 9.84 Å². The van der Waals surface area contributed by atoms with Gasteiger partial charge in [-0.2, -0.15) is 0 Å². The summed E-state index contributed by atoms with van der Waals surface area (Å²) in [5.41, 5.74) is 1.22. The van der Waals surface area contributed by atoms with Crippen molar-refractivity contribution < 1.29 is 14.6 Å². The Morgan fingerprint density at radius 2 is 2.17 bits per heavy atom. The fraction of sp³-hybridized carbons (Fsp3) is 0.800. The molecule has 3 fully saturated rings. The summed E-state index contributed by atoms with van der Waals surface area (Å²) in [6.45, 7) is 8.37. The Labute approximate surface area is 108 Å². The van der Waals surface area contributed by atoms with E-state index in [4.69, 9.17) is 4.74 Å². The van der Waals surface area contributed by atoms with Gasteiger partial charge >= 0.3 is 5.97 Å². The molecule has 6 atom stereocenters. The first kappa shape index (κ1) is 12.2. The highest BCUT2D eigenvalue weighted by molar-refractivity contribution is 5.75. The van der Waals surface area contributed by atoms with Gasteiger partial charge in [0.2, 0.25) is 0 Å². The van der Waals surface area contributed by atoms with Crippen molar-refractivity contribution in [3.05, 3.63) is 12.2 Å². The number of carbonyl (C=O) groups excluding carboxylic acids is 1. The zero-order valence-corrected chi connectivity index (χ0v) is 11.2. The molecule has 2 saturated carbocycles. The van der Waals surface area contributed by atoms with Gasteiger partial charge in [-0.25, -0.2) is 0 Å². The maximum absolute atomic E-state index is 11.7. The smallest absolute Gasteiger partial charge is 0.309 e. The number of aliphatic hydroxyl groups excluding tert-OH is 1. The van der Waals surface area contributed by atoms with Crippen LogP contribution < -0.4 is 0 Å². The zero-order valence-electron chi connectivity index (χ0n) is 11.2. The van der Waals surface area contributed by atoms with Gasteiger partial charge in [-0.3, -0.25) is 4.79 Å². The monoisotopic (exact) mass is 250 g/mol. The van der Waals surface area contributed by atoms with Crippen LogP contribution in [0.1, 0.15) is 39.5 Å². The van der Waals surface area contributed by atoms with Crippen LogP contribution in [-0.2, 0) is 9.53 Å². The van der Waals surface area contributed by atoms with Crippen LogP contribution in [0.5, 0.6) is 0 Å². The number of esters is 1. The van der Waals surface area contributed by atoms with E-state index in [0.29, 0.717) is 11.8 Å². The summed E-state index contributed by atoms with van der Waals surface area (Å²) in [5, 5.41) is 9.96. The Hall–Kier alpha value is -0.830. The van der Waals surface area contributed by atoms with Gasteiger partial charge in [0.15, 0.2) is 0 Å².